The summed E-state index contributed by atoms with van der Waals surface area (Å²) in [5, 5.41) is 54.1. The van der Waals surface area contributed by atoms with Crippen LogP contribution in [-0.2, 0) is 75.2 Å². The van der Waals surface area contributed by atoms with Crippen LogP contribution in [0.15, 0.2) is 48.5 Å². The van der Waals surface area contributed by atoms with Gasteiger partial charge in [0.25, 0.3) is 0 Å². The lowest BCUT2D eigenvalue weighted by Crippen LogP contribution is -2.62. The average Bonchev–Trinajstić information content (AvgIpc) is 1.62. The van der Waals surface area contributed by atoms with Crippen molar-refractivity contribution in [2.24, 2.45) is 52.7 Å². The summed E-state index contributed by atoms with van der Waals surface area (Å²) in [6.07, 6.45) is 3.23. The van der Waals surface area contributed by atoms with Gasteiger partial charge in [0.05, 0.1) is 18.6 Å². The molecule has 0 radical (unpaired) electrons. The van der Waals surface area contributed by atoms with E-state index in [1.807, 2.05) is 41.5 Å². The zero-order chi connectivity index (χ0) is 84.6. The Hall–Kier alpha value is -9.50. The third kappa shape index (κ3) is 30.4. The molecule has 0 saturated carbocycles. The summed E-state index contributed by atoms with van der Waals surface area (Å²) < 4.78 is 0. The number of hydrogen-bond donors (Lipinski definition) is 17. The number of nitrogens with one attached hydrogen (secondary N) is 12. The fraction of sp³-hybridized carbons (Fsp3) is 0.679. The number of fused-ring (bicyclic) bond motifs is 2. The number of rotatable bonds is 25. The number of unbranched alkanes of at least 4 members (excludes halogenated alkanes) is 3. The first-order valence-electron chi connectivity index (χ1n) is 40.8. The van der Waals surface area contributed by atoms with Crippen molar-refractivity contribution >= 4 is 82.7 Å². The molecule has 33 heteroatoms. The number of nitrogens with two attached hydrogens (primary N) is 3. The minimum absolute atomic E-state index is 0.0242. The highest BCUT2D eigenvalue weighted by atomic mass is 16.3. The molecule has 0 bridgehead atoms. The van der Waals surface area contributed by atoms with Crippen molar-refractivity contribution in [3.63, 3.8) is 0 Å². The summed E-state index contributed by atoms with van der Waals surface area (Å²) in [7, 11) is 0. The molecule has 14 amide bonds. The van der Waals surface area contributed by atoms with E-state index in [4.69, 9.17) is 17.2 Å². The van der Waals surface area contributed by atoms with E-state index in [1.165, 1.54) is 34.1 Å². The van der Waals surface area contributed by atoms with Crippen molar-refractivity contribution in [2.75, 3.05) is 39.3 Å². The van der Waals surface area contributed by atoms with Gasteiger partial charge in [-0.15, -0.1) is 0 Å². The Balaban J connectivity index is 1.61. The third-order valence-electron chi connectivity index (χ3n) is 20.6. The van der Waals surface area contributed by atoms with E-state index in [1.54, 1.807) is 65.8 Å². The smallest absolute Gasteiger partial charge is 0.315 e. The lowest BCUT2D eigenvalue weighted by atomic mass is 9.93. The molecular weight excluding hydrogens is 1470 g/mol. The fourth-order valence-corrected chi connectivity index (χ4v) is 14.4. The van der Waals surface area contributed by atoms with Crippen LogP contribution in [0.25, 0.3) is 0 Å². The molecule has 13 atom stereocenters. The van der Waals surface area contributed by atoms with E-state index in [0.29, 0.717) is 62.5 Å². The molecule has 33 nitrogen and oxygen atoms in total. The van der Waals surface area contributed by atoms with Gasteiger partial charge >= 0.3 is 6.03 Å². The minimum Gasteiger partial charge on any atom is -0.508 e. The monoisotopic (exact) mass is 1600 g/mol. The van der Waals surface area contributed by atoms with Crippen molar-refractivity contribution < 1.29 is 77.3 Å². The van der Waals surface area contributed by atoms with Gasteiger partial charge in [-0.25, -0.2) is 4.79 Å². The van der Waals surface area contributed by atoms with Gasteiger partial charge in [-0.3, -0.25) is 62.3 Å². The maximum atomic E-state index is 15.3. The largest absolute Gasteiger partial charge is 0.508 e. The van der Waals surface area contributed by atoms with E-state index in [0.717, 1.165) is 0 Å². The Bertz CT molecular complexity index is 3560. The third-order valence-corrected chi connectivity index (χ3v) is 20.6. The molecule has 0 spiro atoms. The van der Waals surface area contributed by atoms with E-state index in [-0.39, 0.29) is 126 Å². The van der Waals surface area contributed by atoms with Gasteiger partial charge in [0.15, 0.2) is 5.78 Å². The Morgan fingerprint density at radius 2 is 0.746 bits per heavy atom. The molecule has 3 heterocycles. The van der Waals surface area contributed by atoms with Crippen LogP contribution in [0.5, 0.6) is 11.5 Å². The Kier molecular flexibility index (Phi) is 39.5. The second-order valence-electron chi connectivity index (χ2n) is 32.8. The number of urea groups is 1. The summed E-state index contributed by atoms with van der Waals surface area (Å²) in [6, 6.07) is -5.88. The number of nitrogens with zero attached hydrogens (tertiary/aromatic N) is 2. The first kappa shape index (κ1) is 95.1. The summed E-state index contributed by atoms with van der Waals surface area (Å²) in [6.45, 7) is 21.0. The maximum Gasteiger partial charge on any atom is 0.315 e. The molecule has 20 N–H and O–H groups in total. The van der Waals surface area contributed by atoms with Crippen molar-refractivity contribution in [3.05, 3.63) is 59.7 Å². The lowest BCUT2D eigenvalue weighted by Gasteiger charge is -2.32. The normalized spacial score (nSPS) is 25.6. The molecular formula is C81H131N17O16. The number of phenolic OH excluding ortho intramolecular Hbond substituents is 2. The van der Waals surface area contributed by atoms with E-state index in [2.05, 4.69) is 63.8 Å². The highest BCUT2D eigenvalue weighted by Crippen LogP contribution is 2.26. The van der Waals surface area contributed by atoms with Crippen molar-refractivity contribution in [1.29, 1.82) is 0 Å². The number of hydrogen-bond acceptors (Lipinski definition) is 19. The summed E-state index contributed by atoms with van der Waals surface area (Å²) in [5.74, 6) is -12.5. The maximum absolute atomic E-state index is 15.3. The quantitative estimate of drug-likeness (QED) is 0.0626. The highest BCUT2D eigenvalue weighted by Gasteiger charge is 2.44. The summed E-state index contributed by atoms with van der Waals surface area (Å²) in [5.41, 5.74) is 18.7. The van der Waals surface area contributed by atoms with Gasteiger partial charge < -0.3 is 101 Å². The van der Waals surface area contributed by atoms with Gasteiger partial charge in [0.1, 0.15) is 78.0 Å². The number of aromatic hydroxyl groups is 2. The van der Waals surface area contributed by atoms with Crippen LogP contribution in [0.1, 0.15) is 197 Å². The average molecular weight is 1600 g/mol. The van der Waals surface area contributed by atoms with Crippen molar-refractivity contribution in [1.82, 2.24) is 73.6 Å². The van der Waals surface area contributed by atoms with Crippen LogP contribution in [0, 0.1) is 35.5 Å². The second-order valence-corrected chi connectivity index (χ2v) is 32.8. The van der Waals surface area contributed by atoms with Gasteiger partial charge in [0, 0.05) is 25.9 Å². The predicted octanol–water partition coefficient (Wildman–Crippen LogP) is 1.46. The first-order chi connectivity index (χ1) is 54.0. The summed E-state index contributed by atoms with van der Waals surface area (Å²) in [4.78, 5) is 209. The van der Waals surface area contributed by atoms with Crippen LogP contribution in [0.4, 0.5) is 4.79 Å². The molecule has 114 heavy (non-hydrogen) atoms. The Morgan fingerprint density at radius 1 is 0.377 bits per heavy atom. The van der Waals surface area contributed by atoms with Gasteiger partial charge in [-0.05, 0) is 193 Å². The van der Waals surface area contributed by atoms with Crippen LogP contribution < -0.4 is 81.0 Å². The van der Waals surface area contributed by atoms with E-state index >= 15 is 9.59 Å². The highest BCUT2D eigenvalue weighted by molar-refractivity contribution is 6.01. The number of carbonyl (C=O) groups is 14. The number of phenols is 2. The van der Waals surface area contributed by atoms with Gasteiger partial charge in [0.2, 0.25) is 70.9 Å². The van der Waals surface area contributed by atoms with E-state index in [9.17, 15) is 67.7 Å². The van der Waals surface area contributed by atoms with Crippen LogP contribution >= 0.6 is 0 Å². The second kappa shape index (κ2) is 47.4. The lowest BCUT2D eigenvalue weighted by molar-refractivity contribution is -0.143. The number of Topliss-reactive ketones (excluding diaryl/α,β-unsaturated/α-hetero) is 1. The Labute approximate surface area is 671 Å². The fourth-order valence-electron chi connectivity index (χ4n) is 14.4. The molecule has 636 valence electrons. The minimum atomic E-state index is -1.41. The van der Waals surface area contributed by atoms with Crippen LogP contribution in [-0.4, -0.2) is 221 Å². The molecule has 5 rings (SSSR count). The van der Waals surface area contributed by atoms with Crippen molar-refractivity contribution in [2.45, 2.75) is 277 Å². The first-order valence-corrected chi connectivity index (χ1v) is 40.8. The zero-order valence-electron chi connectivity index (χ0n) is 68.8. The topological polar surface area (TPSA) is 508 Å². The van der Waals surface area contributed by atoms with Crippen LogP contribution in [0.3, 0.4) is 0 Å². The van der Waals surface area contributed by atoms with E-state index < -0.39 is 186 Å². The predicted molar refractivity (Wildman–Crippen MR) is 429 cm³/mol. The number of benzene rings is 2. The molecule has 3 saturated heterocycles. The SMILES string of the molecule is CC(C)C[C@@H]1NC(=O)[C@@H]2CCCN2C(=O)[C@@H](Cc2cccc(O)c2)NC(=O)[C@H](C(C)C)NC(=O)CNC(=O)N[C@@H](CC(C)C)C(=O)[C@@H](CCCCN)NC(=O)[C@H](C(C)C)NC(=O)[C@H]2CCCN2C(=O)[C@H](Cc2ccc(O)cc2)NC(=O)[C@@H](CC(C)C)NC(=O)[C@@H](CCCCN)NC(=O)[C@@H](C(C)C)NC(=O)[C@H](CCCCN)NC1=O. The molecule has 2 aromatic rings. The van der Waals surface area contributed by atoms with Gasteiger partial charge in [-0.1, -0.05) is 107 Å². The molecule has 0 unspecified atom stereocenters. The molecule has 2 aromatic carbocycles. The van der Waals surface area contributed by atoms with Crippen LogP contribution in [0.2, 0.25) is 0 Å². The van der Waals surface area contributed by atoms with Crippen molar-refractivity contribution in [3.8, 4) is 11.5 Å². The summed E-state index contributed by atoms with van der Waals surface area (Å²) >= 11 is 0. The number of ketones is 1. The molecule has 0 aromatic heterocycles. The molecule has 3 aliphatic rings. The molecule has 3 fully saturated rings. The zero-order valence-corrected chi connectivity index (χ0v) is 68.8. The standard InChI is InChI=1S/C81H131N17O16/c1-45(2)38-58-69(102)55(24-13-16-33-82)86-77(110)68(50(11)12)96-75(108)64-28-21-37-98(64)79(112)61(42-51-29-31-53(99)32-30-51)91-73(106)59(39-46(3)4)89-70(103)56(25-14-17-34-83)88-78(111)67(49(9)10)95-71(104)57(26-15-18-35-84)87-72(105)60(40-47(5)6)90-74(107)63-27-20-36-97(63)80(113)62(43-52-22-19-23-54(100)41-52)92-76(109)66(48(7)8)94-65(101)44-85-81(114)93-58/h19,22-23,29-32,41,45-50,55-64,66-68,99-100H,13-18,20-21,24-28,33-40,42-44,82-84H2,1-12H3,(H,86,110)(H,87,105)(H,88,111)(H,89,103)(H,90,107)(H,91,106)(H,92,109)(H,94,101)(H,95,104)(H,96,108)(H2,85,93,114)/t55-,56-,57+,58+,59-,60+,61+,62-,63+,64-,66+,67-,68+/m1/s1. The molecule has 3 aliphatic heterocycles. The Morgan fingerprint density at radius 3 is 1.20 bits per heavy atom. The molecule has 0 aliphatic carbocycles. The number of amides is 14. The van der Waals surface area contributed by atoms with Gasteiger partial charge in [-0.2, -0.15) is 0 Å². The number of carbonyl (C=O) groups excluding carboxylic acids is 14.